The summed E-state index contributed by atoms with van der Waals surface area (Å²) in [6.07, 6.45) is 0. The van der Waals surface area contributed by atoms with Gasteiger partial charge in [0, 0.05) is 0 Å². The van der Waals surface area contributed by atoms with Crippen LogP contribution < -0.4 is 5.56 Å². The Labute approximate surface area is 135 Å². The molecule has 3 nitrogen and oxygen atoms in total. The average Bonchev–Trinajstić information content (AvgIpc) is 2.48. The Bertz CT molecular complexity index is 890. The minimum absolute atomic E-state index is 0.0862. The Morgan fingerprint density at radius 3 is 2.43 bits per heavy atom. The van der Waals surface area contributed by atoms with Gasteiger partial charge in [0.2, 0.25) is 0 Å². The van der Waals surface area contributed by atoms with Gasteiger partial charge in [-0.05, 0) is 24.3 Å². The van der Waals surface area contributed by atoms with Crippen LogP contribution in [0.4, 0.5) is 0 Å². The molecule has 0 unspecified atom stereocenters. The van der Waals surface area contributed by atoms with Gasteiger partial charge in [0.1, 0.15) is 5.82 Å². The van der Waals surface area contributed by atoms with E-state index in [0.717, 1.165) is 0 Å². The Morgan fingerprint density at radius 1 is 1.00 bits per heavy atom. The molecule has 0 saturated heterocycles. The third-order valence-corrected chi connectivity index (χ3v) is 4.00. The number of benzene rings is 2. The van der Waals surface area contributed by atoms with Gasteiger partial charge in [-0.2, -0.15) is 0 Å². The van der Waals surface area contributed by atoms with Gasteiger partial charge in [-0.1, -0.05) is 41.4 Å². The summed E-state index contributed by atoms with van der Waals surface area (Å²) in [4.78, 5) is 17.2. The van der Waals surface area contributed by atoms with E-state index in [2.05, 4.69) is 4.98 Å². The first kappa shape index (κ1) is 14.4. The molecule has 0 fully saturated rings. The molecule has 3 aromatic rings. The van der Waals surface area contributed by atoms with E-state index in [1.54, 1.807) is 42.5 Å². The number of halogens is 3. The van der Waals surface area contributed by atoms with Crippen LogP contribution >= 0.6 is 34.8 Å². The number of alkyl halides is 1. The van der Waals surface area contributed by atoms with Crippen LogP contribution in [-0.4, -0.2) is 9.55 Å². The lowest BCUT2D eigenvalue weighted by atomic mass is 10.2. The smallest absolute Gasteiger partial charge is 0.267 e. The van der Waals surface area contributed by atoms with Gasteiger partial charge in [0.05, 0.1) is 32.5 Å². The number of hydrogen-bond donors (Lipinski definition) is 0. The monoisotopic (exact) mass is 338 g/mol. The summed E-state index contributed by atoms with van der Waals surface area (Å²) in [5.74, 6) is 0.507. The van der Waals surface area contributed by atoms with Crippen molar-refractivity contribution in [3.63, 3.8) is 0 Å². The SMILES string of the molecule is O=c1c2c(Cl)cccc2nc(CCl)n1-c1ccccc1Cl. The van der Waals surface area contributed by atoms with Crippen molar-refractivity contribution in [2.75, 3.05) is 0 Å². The van der Waals surface area contributed by atoms with Crippen LogP contribution in [0, 0.1) is 0 Å². The van der Waals surface area contributed by atoms with Crippen molar-refractivity contribution in [3.05, 3.63) is 68.7 Å². The Morgan fingerprint density at radius 2 is 1.71 bits per heavy atom. The molecule has 1 aromatic heterocycles. The van der Waals surface area contributed by atoms with E-state index in [9.17, 15) is 4.79 Å². The van der Waals surface area contributed by atoms with Crippen LogP contribution in [-0.2, 0) is 5.88 Å². The molecule has 0 aliphatic rings. The van der Waals surface area contributed by atoms with Crippen molar-refractivity contribution in [2.45, 2.75) is 5.88 Å². The molecule has 0 spiro atoms. The number of aromatic nitrogens is 2. The second-order valence-electron chi connectivity index (χ2n) is 4.39. The van der Waals surface area contributed by atoms with E-state index in [1.807, 2.05) is 0 Å². The minimum Gasteiger partial charge on any atom is -0.268 e. The highest BCUT2D eigenvalue weighted by atomic mass is 35.5. The molecule has 0 aliphatic heterocycles. The molecule has 0 N–H and O–H groups in total. The molecule has 106 valence electrons. The first-order valence-corrected chi connectivity index (χ1v) is 7.43. The van der Waals surface area contributed by atoms with Crippen molar-refractivity contribution >= 4 is 45.7 Å². The minimum atomic E-state index is -0.283. The van der Waals surface area contributed by atoms with Crippen molar-refractivity contribution in [1.29, 1.82) is 0 Å². The van der Waals surface area contributed by atoms with Gasteiger partial charge in [0.25, 0.3) is 5.56 Å². The van der Waals surface area contributed by atoms with Crippen molar-refractivity contribution < 1.29 is 0 Å². The standard InChI is InChI=1S/C15H9Cl3N2O/c16-8-13-19-11-6-3-5-10(18)14(11)15(21)20(13)12-7-2-1-4-9(12)17/h1-7H,8H2. The van der Waals surface area contributed by atoms with Gasteiger partial charge in [-0.25, -0.2) is 4.98 Å². The molecular weight excluding hydrogens is 331 g/mol. The number of nitrogens with zero attached hydrogens (tertiary/aromatic N) is 2. The van der Waals surface area contributed by atoms with E-state index in [-0.39, 0.29) is 11.4 Å². The van der Waals surface area contributed by atoms with E-state index in [4.69, 9.17) is 34.8 Å². The highest BCUT2D eigenvalue weighted by molar-refractivity contribution is 6.35. The van der Waals surface area contributed by atoms with Gasteiger partial charge in [-0.3, -0.25) is 9.36 Å². The van der Waals surface area contributed by atoms with Gasteiger partial charge in [-0.15, -0.1) is 11.6 Å². The fraction of sp³-hybridized carbons (Fsp3) is 0.0667. The van der Waals surface area contributed by atoms with Crippen LogP contribution in [0.15, 0.2) is 47.3 Å². The molecule has 0 aliphatic carbocycles. The maximum absolute atomic E-state index is 12.8. The molecule has 0 bridgehead atoms. The van der Waals surface area contributed by atoms with Crippen LogP contribution in [0.5, 0.6) is 0 Å². The van der Waals surface area contributed by atoms with Gasteiger partial charge >= 0.3 is 0 Å². The van der Waals surface area contributed by atoms with Crippen molar-refractivity contribution in [3.8, 4) is 5.69 Å². The molecule has 0 saturated carbocycles. The summed E-state index contributed by atoms with van der Waals surface area (Å²) in [7, 11) is 0. The fourth-order valence-electron chi connectivity index (χ4n) is 2.21. The molecule has 0 radical (unpaired) electrons. The predicted molar refractivity (Wildman–Crippen MR) is 86.9 cm³/mol. The lowest BCUT2D eigenvalue weighted by Crippen LogP contribution is -2.23. The summed E-state index contributed by atoms with van der Waals surface area (Å²) < 4.78 is 1.41. The Balaban J connectivity index is 2.48. The van der Waals surface area contributed by atoms with Crippen molar-refractivity contribution in [2.24, 2.45) is 0 Å². The zero-order valence-electron chi connectivity index (χ0n) is 10.7. The highest BCUT2D eigenvalue weighted by Gasteiger charge is 2.15. The van der Waals surface area contributed by atoms with E-state index >= 15 is 0 Å². The van der Waals surface area contributed by atoms with Crippen LogP contribution in [0.25, 0.3) is 16.6 Å². The first-order valence-electron chi connectivity index (χ1n) is 6.14. The molecular formula is C15H9Cl3N2O. The lowest BCUT2D eigenvalue weighted by Gasteiger charge is -2.13. The molecule has 3 rings (SSSR count). The largest absolute Gasteiger partial charge is 0.268 e. The summed E-state index contributed by atoms with van der Waals surface area (Å²) >= 11 is 18.3. The molecule has 2 aromatic carbocycles. The molecule has 6 heteroatoms. The summed E-state index contributed by atoms with van der Waals surface area (Å²) in [6.45, 7) is 0. The van der Waals surface area contributed by atoms with Crippen LogP contribution in [0.2, 0.25) is 10.0 Å². The zero-order chi connectivity index (χ0) is 15.0. The number of para-hydroxylation sites is 1. The summed E-state index contributed by atoms with van der Waals surface area (Å²) in [5.41, 5.74) is 0.773. The van der Waals surface area contributed by atoms with Gasteiger partial charge in [0.15, 0.2) is 0 Å². The lowest BCUT2D eigenvalue weighted by molar-refractivity contribution is 0.882. The maximum Gasteiger partial charge on any atom is 0.267 e. The van der Waals surface area contributed by atoms with E-state index < -0.39 is 0 Å². The van der Waals surface area contributed by atoms with E-state index in [1.165, 1.54) is 4.57 Å². The number of fused-ring (bicyclic) bond motifs is 1. The maximum atomic E-state index is 12.8. The predicted octanol–water partition coefficient (Wildman–Crippen LogP) is 4.43. The third kappa shape index (κ3) is 2.42. The average molecular weight is 340 g/mol. The Hall–Kier alpha value is -1.55. The fourth-order valence-corrected chi connectivity index (χ4v) is 2.86. The first-order chi connectivity index (χ1) is 10.1. The number of rotatable bonds is 2. The molecule has 0 amide bonds. The van der Waals surface area contributed by atoms with Gasteiger partial charge < -0.3 is 0 Å². The zero-order valence-corrected chi connectivity index (χ0v) is 13.0. The molecule has 0 atom stereocenters. The quantitative estimate of drug-likeness (QED) is 0.647. The highest BCUT2D eigenvalue weighted by Crippen LogP contribution is 2.24. The molecule has 1 heterocycles. The Kier molecular flexibility index (Phi) is 3.89. The summed E-state index contributed by atoms with van der Waals surface area (Å²) in [5, 5.41) is 1.15. The number of hydrogen-bond acceptors (Lipinski definition) is 2. The second-order valence-corrected chi connectivity index (χ2v) is 5.47. The topological polar surface area (TPSA) is 34.9 Å². The molecule has 21 heavy (non-hydrogen) atoms. The van der Waals surface area contributed by atoms with Crippen molar-refractivity contribution in [1.82, 2.24) is 9.55 Å². The van der Waals surface area contributed by atoms with Crippen LogP contribution in [0.1, 0.15) is 5.82 Å². The summed E-state index contributed by atoms with van der Waals surface area (Å²) in [6, 6.07) is 12.2. The third-order valence-electron chi connectivity index (χ3n) is 3.13. The van der Waals surface area contributed by atoms with Crippen LogP contribution in [0.3, 0.4) is 0 Å². The van der Waals surface area contributed by atoms with E-state index in [0.29, 0.717) is 32.5 Å². The second kappa shape index (κ2) is 5.68. The normalized spacial score (nSPS) is 11.0.